The van der Waals surface area contributed by atoms with Crippen LogP contribution in [0.15, 0.2) is 24.3 Å². The van der Waals surface area contributed by atoms with E-state index in [9.17, 15) is 34.8 Å². The number of nitrogens with one attached hydrogen (secondary N) is 2. The number of rotatable bonds is 16. The summed E-state index contributed by atoms with van der Waals surface area (Å²) in [4.78, 5) is 39.8. The molecule has 16 nitrogen and oxygen atoms in total. The van der Waals surface area contributed by atoms with Gasteiger partial charge in [0, 0.05) is 5.56 Å². The van der Waals surface area contributed by atoms with E-state index in [0.29, 0.717) is 5.75 Å². The summed E-state index contributed by atoms with van der Waals surface area (Å²) in [5, 5.41) is 47.8. The molecule has 6 N–H and O–H groups in total. The predicted octanol–water partition coefficient (Wildman–Crippen LogP) is -1.29. The van der Waals surface area contributed by atoms with Gasteiger partial charge in [0.2, 0.25) is 0 Å². The quantitative estimate of drug-likeness (QED) is 0.0693. The highest BCUT2D eigenvalue weighted by Crippen LogP contribution is 2.35. The van der Waals surface area contributed by atoms with E-state index >= 15 is 0 Å². The lowest BCUT2D eigenvalue weighted by atomic mass is 9.84. The van der Waals surface area contributed by atoms with E-state index < -0.39 is 79.1 Å². The Labute approximate surface area is 267 Å². The van der Waals surface area contributed by atoms with Crippen LogP contribution in [0.2, 0.25) is 0 Å². The SMILES string of the molecule is C#CCOCCOCCO[C@@]1(C(=O)OC)O[C@@H]([C@H](O)[C@H](O)CO)[C@H](NC(=O)OC(C)(C)C)[C@@H](NC(=O)c2cccc(OC)c2)[C@@H]1O. The van der Waals surface area contributed by atoms with Crippen molar-refractivity contribution in [2.24, 2.45) is 0 Å². The zero-order valence-electron chi connectivity index (χ0n) is 26.5. The minimum atomic E-state index is -2.75. The molecule has 1 saturated heterocycles. The first kappa shape index (κ1) is 38.7. The second-order valence-corrected chi connectivity index (χ2v) is 11.0. The Morgan fingerprint density at radius 2 is 1.74 bits per heavy atom. The lowest BCUT2D eigenvalue weighted by Crippen LogP contribution is -2.77. The van der Waals surface area contributed by atoms with Crippen molar-refractivity contribution in [1.29, 1.82) is 0 Å². The van der Waals surface area contributed by atoms with Gasteiger partial charge in [-0.25, -0.2) is 9.59 Å². The molecular formula is C30H44N2O14. The van der Waals surface area contributed by atoms with Crippen molar-refractivity contribution in [3.05, 3.63) is 29.8 Å². The lowest BCUT2D eigenvalue weighted by Gasteiger charge is -2.51. The third kappa shape index (κ3) is 10.5. The Morgan fingerprint density at radius 1 is 1.07 bits per heavy atom. The monoisotopic (exact) mass is 656 g/mol. The van der Waals surface area contributed by atoms with Gasteiger partial charge < -0.3 is 64.2 Å². The van der Waals surface area contributed by atoms with Crippen LogP contribution in [0.25, 0.3) is 0 Å². The number of methoxy groups -OCH3 is 2. The normalized spacial score (nSPS) is 24.2. The van der Waals surface area contributed by atoms with Crippen molar-refractivity contribution >= 4 is 18.0 Å². The Balaban J connectivity index is 2.56. The summed E-state index contributed by atoms with van der Waals surface area (Å²) in [7, 11) is 2.38. The molecule has 0 aromatic heterocycles. The fraction of sp³-hybridized carbons (Fsp3) is 0.633. The molecule has 46 heavy (non-hydrogen) atoms. The fourth-order valence-corrected chi connectivity index (χ4v) is 4.47. The minimum Gasteiger partial charge on any atom is -0.497 e. The van der Waals surface area contributed by atoms with Crippen molar-refractivity contribution in [3.63, 3.8) is 0 Å². The summed E-state index contributed by atoms with van der Waals surface area (Å²) in [6, 6.07) is 2.69. The van der Waals surface area contributed by atoms with Crippen molar-refractivity contribution in [2.45, 2.75) is 68.7 Å². The molecule has 0 unspecified atom stereocenters. The molecule has 0 aliphatic carbocycles. The molecule has 1 aliphatic heterocycles. The van der Waals surface area contributed by atoms with Crippen LogP contribution in [-0.4, -0.2) is 140 Å². The van der Waals surface area contributed by atoms with Gasteiger partial charge in [0.25, 0.3) is 11.7 Å². The first-order valence-corrected chi connectivity index (χ1v) is 14.3. The van der Waals surface area contributed by atoms with Crippen LogP contribution in [0.3, 0.4) is 0 Å². The average Bonchev–Trinajstić information content (AvgIpc) is 3.02. The number of amides is 2. The van der Waals surface area contributed by atoms with Gasteiger partial charge >= 0.3 is 12.1 Å². The molecule has 2 amide bonds. The first-order valence-electron chi connectivity index (χ1n) is 14.3. The fourth-order valence-electron chi connectivity index (χ4n) is 4.47. The highest BCUT2D eigenvalue weighted by Gasteiger charge is 2.63. The van der Waals surface area contributed by atoms with Gasteiger partial charge in [0.15, 0.2) is 0 Å². The maximum absolute atomic E-state index is 13.5. The molecule has 1 aromatic carbocycles. The number of terminal acetylenes is 1. The molecule has 1 aliphatic rings. The Hall–Kier alpha value is -3.53. The topological polar surface area (TPSA) is 221 Å². The van der Waals surface area contributed by atoms with E-state index in [2.05, 4.69) is 16.6 Å². The van der Waals surface area contributed by atoms with Gasteiger partial charge in [0.05, 0.1) is 59.3 Å². The summed E-state index contributed by atoms with van der Waals surface area (Å²) in [5.41, 5.74) is -0.937. The summed E-state index contributed by atoms with van der Waals surface area (Å²) in [6.45, 7) is 3.59. The molecule has 0 radical (unpaired) electrons. The van der Waals surface area contributed by atoms with E-state index in [-0.39, 0.29) is 32.0 Å². The summed E-state index contributed by atoms with van der Waals surface area (Å²) in [6.07, 6.45) is -3.78. The predicted molar refractivity (Wildman–Crippen MR) is 159 cm³/mol. The van der Waals surface area contributed by atoms with Crippen LogP contribution in [0.1, 0.15) is 31.1 Å². The number of esters is 1. The Morgan fingerprint density at radius 3 is 2.35 bits per heavy atom. The minimum absolute atomic E-state index is 0.0617. The maximum Gasteiger partial charge on any atom is 0.408 e. The summed E-state index contributed by atoms with van der Waals surface area (Å²) >= 11 is 0. The zero-order valence-corrected chi connectivity index (χ0v) is 26.5. The van der Waals surface area contributed by atoms with Crippen LogP contribution in [0, 0.1) is 12.3 Å². The number of benzene rings is 1. The van der Waals surface area contributed by atoms with E-state index in [1.165, 1.54) is 25.3 Å². The van der Waals surface area contributed by atoms with Crippen LogP contribution in [0.4, 0.5) is 4.79 Å². The number of carbonyl (C=O) groups is 3. The van der Waals surface area contributed by atoms with Gasteiger partial charge in [0.1, 0.15) is 42.4 Å². The third-order valence-corrected chi connectivity index (χ3v) is 6.58. The molecule has 258 valence electrons. The molecule has 0 spiro atoms. The van der Waals surface area contributed by atoms with Crippen molar-refractivity contribution < 1.29 is 68.0 Å². The van der Waals surface area contributed by atoms with Crippen LogP contribution >= 0.6 is 0 Å². The van der Waals surface area contributed by atoms with Gasteiger partial charge in [-0.2, -0.15) is 0 Å². The molecule has 1 aromatic rings. The van der Waals surface area contributed by atoms with E-state index in [1.54, 1.807) is 26.8 Å². The smallest absolute Gasteiger partial charge is 0.408 e. The highest BCUT2D eigenvalue weighted by molar-refractivity contribution is 5.95. The van der Waals surface area contributed by atoms with E-state index in [1.807, 2.05) is 0 Å². The van der Waals surface area contributed by atoms with Gasteiger partial charge in [-0.3, -0.25) is 4.79 Å². The number of hydrogen-bond donors (Lipinski definition) is 6. The second-order valence-electron chi connectivity index (χ2n) is 11.0. The number of aliphatic hydroxyl groups is 4. The zero-order chi connectivity index (χ0) is 34.5. The molecule has 7 atom stereocenters. The third-order valence-electron chi connectivity index (χ3n) is 6.58. The summed E-state index contributed by atoms with van der Waals surface area (Å²) < 4.78 is 37.5. The van der Waals surface area contributed by atoms with E-state index in [4.69, 9.17) is 39.6 Å². The number of hydrogen-bond acceptors (Lipinski definition) is 14. The lowest BCUT2D eigenvalue weighted by molar-refractivity contribution is -0.336. The largest absolute Gasteiger partial charge is 0.497 e. The highest BCUT2D eigenvalue weighted by atomic mass is 16.7. The summed E-state index contributed by atoms with van der Waals surface area (Å²) in [5.74, 6) is -2.20. The molecule has 0 saturated carbocycles. The molecule has 0 bridgehead atoms. The second kappa shape index (κ2) is 18.0. The molecule has 16 heteroatoms. The molecule has 1 heterocycles. The number of aliphatic hydroxyl groups excluding tert-OH is 4. The standard InChI is InChI=1S/C30H44N2O14/c1-7-11-42-12-13-43-14-15-44-30(27(38)41-6)25(36)22(31-26(37)18-9-8-10-19(16-18)40-5)21(32-28(39)46-29(2,3)4)24(45-30)23(35)20(34)17-33/h1,8-10,16,20-25,33-36H,11-15,17H2,2-6H3,(H,31,37)(H,32,39)/t20-,21-,22-,23-,24-,25+,30-/m1/s1. The Kier molecular flexibility index (Phi) is 15.1. The van der Waals surface area contributed by atoms with Crippen molar-refractivity contribution in [2.75, 3.05) is 53.9 Å². The molecule has 1 fully saturated rings. The van der Waals surface area contributed by atoms with Gasteiger partial charge in [-0.15, -0.1) is 6.42 Å². The average molecular weight is 657 g/mol. The molecular weight excluding hydrogens is 612 g/mol. The molecule has 2 rings (SSSR count). The number of carbonyl (C=O) groups excluding carboxylic acids is 3. The van der Waals surface area contributed by atoms with Crippen LogP contribution < -0.4 is 15.4 Å². The Bertz CT molecular complexity index is 1180. The van der Waals surface area contributed by atoms with Gasteiger partial charge in [-0.05, 0) is 39.0 Å². The van der Waals surface area contributed by atoms with Crippen LogP contribution in [0.5, 0.6) is 5.75 Å². The van der Waals surface area contributed by atoms with Crippen molar-refractivity contribution in [3.8, 4) is 18.1 Å². The van der Waals surface area contributed by atoms with E-state index in [0.717, 1.165) is 7.11 Å². The number of alkyl carbamates (subject to hydrolysis) is 1. The van der Waals surface area contributed by atoms with Crippen molar-refractivity contribution in [1.82, 2.24) is 10.6 Å². The van der Waals surface area contributed by atoms with Crippen LogP contribution in [-0.2, 0) is 33.2 Å². The first-order chi connectivity index (χ1) is 21.7. The number of ether oxygens (including phenoxy) is 7. The maximum atomic E-state index is 13.5. The van der Waals surface area contributed by atoms with Gasteiger partial charge in [-0.1, -0.05) is 12.0 Å².